The zero-order valence-corrected chi connectivity index (χ0v) is 13.2. The highest BCUT2D eigenvalue weighted by atomic mass is 32.2. The Morgan fingerprint density at radius 1 is 1.10 bits per heavy atom. The summed E-state index contributed by atoms with van der Waals surface area (Å²) in [5, 5.41) is 0. The minimum absolute atomic E-state index is 0.0897. The quantitative estimate of drug-likeness (QED) is 0.858. The van der Waals surface area contributed by atoms with Crippen molar-refractivity contribution in [3.63, 3.8) is 0 Å². The first-order chi connectivity index (χ1) is 10.1. The molecule has 1 saturated carbocycles. The van der Waals surface area contributed by atoms with Gasteiger partial charge >= 0.3 is 0 Å². The second-order valence-electron chi connectivity index (χ2n) is 6.03. The number of hydrogen-bond acceptors (Lipinski definition) is 4. The van der Waals surface area contributed by atoms with E-state index in [9.17, 15) is 8.42 Å². The lowest BCUT2D eigenvalue weighted by atomic mass is 9.98. The van der Waals surface area contributed by atoms with Gasteiger partial charge in [-0.3, -0.25) is 0 Å². The molecule has 0 amide bonds. The molecule has 21 heavy (non-hydrogen) atoms. The summed E-state index contributed by atoms with van der Waals surface area (Å²) in [5.74, 6) is 2.12. The molecule has 0 unspecified atom stereocenters. The Morgan fingerprint density at radius 3 is 2.48 bits per heavy atom. The van der Waals surface area contributed by atoms with Crippen LogP contribution in [0.3, 0.4) is 0 Å². The van der Waals surface area contributed by atoms with Gasteiger partial charge in [0.05, 0.1) is 24.7 Å². The minimum Gasteiger partial charge on any atom is -0.493 e. The van der Waals surface area contributed by atoms with Crippen LogP contribution < -0.4 is 9.47 Å². The molecule has 0 bridgehead atoms. The fraction of sp³-hybridized carbons (Fsp3) is 0.625. The highest BCUT2D eigenvalue weighted by Gasteiger charge is 2.29. The first-order valence-corrected chi connectivity index (χ1v) is 9.44. The van der Waals surface area contributed by atoms with Crippen LogP contribution in [0, 0.1) is 0 Å². The molecule has 3 rings (SSSR count). The van der Waals surface area contributed by atoms with Gasteiger partial charge in [-0.05, 0) is 55.7 Å². The molecule has 1 aliphatic carbocycles. The number of hydrogen-bond donors (Lipinski definition) is 0. The standard InChI is InChI=1S/C16H22O4S/c1-19-15-7-6-12(13-8-9-21(17,18)11-13)10-16(15)20-14-4-2-3-5-14/h6-7,10,13-14H,2-5,8-9,11H2,1H3/t13-/m1/s1. The number of benzene rings is 1. The van der Waals surface area contributed by atoms with E-state index < -0.39 is 9.84 Å². The van der Waals surface area contributed by atoms with Crippen LogP contribution in [0.1, 0.15) is 43.6 Å². The average Bonchev–Trinajstić information content (AvgIpc) is 3.08. The molecule has 1 aromatic rings. The van der Waals surface area contributed by atoms with Crippen molar-refractivity contribution in [3.8, 4) is 11.5 Å². The van der Waals surface area contributed by atoms with Crippen LogP contribution in [-0.2, 0) is 9.84 Å². The summed E-state index contributed by atoms with van der Waals surface area (Å²) >= 11 is 0. The maximum Gasteiger partial charge on any atom is 0.161 e. The normalized spacial score (nSPS) is 25.1. The van der Waals surface area contributed by atoms with Crippen molar-refractivity contribution in [2.24, 2.45) is 0 Å². The summed E-state index contributed by atoms with van der Waals surface area (Å²) in [5.41, 5.74) is 1.05. The van der Waals surface area contributed by atoms with Crippen molar-refractivity contribution >= 4 is 9.84 Å². The third-order valence-electron chi connectivity index (χ3n) is 4.49. The maximum atomic E-state index is 11.6. The van der Waals surface area contributed by atoms with E-state index in [0.29, 0.717) is 12.2 Å². The first-order valence-electron chi connectivity index (χ1n) is 7.62. The number of sulfone groups is 1. The topological polar surface area (TPSA) is 52.6 Å². The maximum absolute atomic E-state index is 11.6. The third-order valence-corrected chi connectivity index (χ3v) is 6.26. The SMILES string of the molecule is COc1ccc([C@@H]2CCS(=O)(=O)C2)cc1OC1CCCC1. The highest BCUT2D eigenvalue weighted by Crippen LogP contribution is 2.37. The molecule has 5 heteroatoms. The lowest BCUT2D eigenvalue weighted by Crippen LogP contribution is -2.12. The van der Waals surface area contributed by atoms with Crippen LogP contribution in [0.15, 0.2) is 18.2 Å². The molecule has 1 aromatic carbocycles. The Morgan fingerprint density at radius 2 is 1.86 bits per heavy atom. The van der Waals surface area contributed by atoms with Gasteiger partial charge in [-0.2, -0.15) is 0 Å². The van der Waals surface area contributed by atoms with Crippen LogP contribution in [0.2, 0.25) is 0 Å². The Bertz CT molecular complexity index is 603. The second-order valence-corrected chi connectivity index (χ2v) is 8.26. The lowest BCUT2D eigenvalue weighted by Gasteiger charge is -2.18. The monoisotopic (exact) mass is 310 g/mol. The zero-order chi connectivity index (χ0) is 14.9. The van der Waals surface area contributed by atoms with Crippen LogP contribution in [0.25, 0.3) is 0 Å². The molecule has 116 valence electrons. The van der Waals surface area contributed by atoms with Gasteiger partial charge in [0, 0.05) is 0 Å². The number of ether oxygens (including phenoxy) is 2. The summed E-state index contributed by atoms with van der Waals surface area (Å²) in [6.45, 7) is 0. The van der Waals surface area contributed by atoms with Crippen molar-refractivity contribution < 1.29 is 17.9 Å². The Hall–Kier alpha value is -1.23. The molecule has 2 fully saturated rings. The van der Waals surface area contributed by atoms with Crippen LogP contribution >= 0.6 is 0 Å². The number of rotatable bonds is 4. The van der Waals surface area contributed by atoms with Crippen molar-refractivity contribution in [2.75, 3.05) is 18.6 Å². The van der Waals surface area contributed by atoms with E-state index in [1.807, 2.05) is 18.2 Å². The molecule has 1 aliphatic heterocycles. The molecule has 4 nitrogen and oxygen atoms in total. The van der Waals surface area contributed by atoms with Gasteiger partial charge in [-0.15, -0.1) is 0 Å². The van der Waals surface area contributed by atoms with Crippen LogP contribution in [0.5, 0.6) is 11.5 Å². The van der Waals surface area contributed by atoms with E-state index in [4.69, 9.17) is 9.47 Å². The van der Waals surface area contributed by atoms with Gasteiger partial charge in [0.15, 0.2) is 21.3 Å². The van der Waals surface area contributed by atoms with Crippen molar-refractivity contribution in [2.45, 2.75) is 44.1 Å². The fourth-order valence-electron chi connectivity index (χ4n) is 3.28. The molecule has 2 aliphatic rings. The van der Waals surface area contributed by atoms with E-state index >= 15 is 0 Å². The molecular formula is C16H22O4S. The van der Waals surface area contributed by atoms with Crippen molar-refractivity contribution in [1.29, 1.82) is 0 Å². The third kappa shape index (κ3) is 3.34. The molecule has 1 saturated heterocycles. The summed E-state index contributed by atoms with van der Waals surface area (Å²) in [7, 11) is -1.23. The van der Waals surface area contributed by atoms with E-state index in [0.717, 1.165) is 29.9 Å². The molecular weight excluding hydrogens is 288 g/mol. The zero-order valence-electron chi connectivity index (χ0n) is 12.4. The predicted molar refractivity (Wildman–Crippen MR) is 81.9 cm³/mol. The lowest BCUT2D eigenvalue weighted by molar-refractivity contribution is 0.200. The van der Waals surface area contributed by atoms with Gasteiger partial charge < -0.3 is 9.47 Å². The predicted octanol–water partition coefficient (Wildman–Crippen LogP) is 2.92. The van der Waals surface area contributed by atoms with Crippen molar-refractivity contribution in [1.82, 2.24) is 0 Å². The van der Waals surface area contributed by atoms with Gasteiger partial charge in [-0.25, -0.2) is 8.42 Å². The Balaban J connectivity index is 1.82. The van der Waals surface area contributed by atoms with Gasteiger partial charge in [0.25, 0.3) is 0 Å². The van der Waals surface area contributed by atoms with Crippen LogP contribution in [0.4, 0.5) is 0 Å². The van der Waals surface area contributed by atoms with Gasteiger partial charge in [0.1, 0.15) is 0 Å². The number of methoxy groups -OCH3 is 1. The fourth-order valence-corrected chi connectivity index (χ4v) is 5.07. The second kappa shape index (κ2) is 5.87. The largest absolute Gasteiger partial charge is 0.493 e. The van der Waals surface area contributed by atoms with E-state index in [2.05, 4.69) is 0 Å². The summed E-state index contributed by atoms with van der Waals surface area (Å²) < 4.78 is 34.7. The molecule has 0 aromatic heterocycles. The summed E-state index contributed by atoms with van der Waals surface area (Å²) in [6, 6.07) is 5.83. The average molecular weight is 310 g/mol. The smallest absolute Gasteiger partial charge is 0.161 e. The van der Waals surface area contributed by atoms with Crippen molar-refractivity contribution in [3.05, 3.63) is 23.8 Å². The van der Waals surface area contributed by atoms with Gasteiger partial charge in [-0.1, -0.05) is 6.07 Å². The summed E-state index contributed by atoms with van der Waals surface area (Å²) in [6.07, 6.45) is 5.58. The molecule has 0 radical (unpaired) electrons. The Labute approximate surface area is 126 Å². The molecule has 1 atom stereocenters. The van der Waals surface area contributed by atoms with E-state index in [1.165, 1.54) is 12.8 Å². The molecule has 0 N–H and O–H groups in total. The molecule has 1 heterocycles. The van der Waals surface area contributed by atoms with Gasteiger partial charge in [0.2, 0.25) is 0 Å². The Kier molecular flexibility index (Phi) is 4.11. The van der Waals surface area contributed by atoms with Crippen LogP contribution in [-0.4, -0.2) is 33.1 Å². The highest BCUT2D eigenvalue weighted by molar-refractivity contribution is 7.91. The first kappa shape index (κ1) is 14.7. The van der Waals surface area contributed by atoms with E-state index in [-0.39, 0.29) is 17.8 Å². The van der Waals surface area contributed by atoms with E-state index in [1.54, 1.807) is 7.11 Å². The minimum atomic E-state index is -2.87. The summed E-state index contributed by atoms with van der Waals surface area (Å²) in [4.78, 5) is 0. The molecule has 0 spiro atoms.